The average molecular weight is 168 g/mol. The van der Waals surface area contributed by atoms with Gasteiger partial charge >= 0.3 is 5.97 Å². The van der Waals surface area contributed by atoms with Gasteiger partial charge in [-0.15, -0.1) is 0 Å². The van der Waals surface area contributed by atoms with Gasteiger partial charge in [-0.2, -0.15) is 0 Å². The molecule has 4 nitrogen and oxygen atoms in total. The van der Waals surface area contributed by atoms with E-state index in [0.29, 0.717) is 0 Å². The van der Waals surface area contributed by atoms with E-state index in [9.17, 15) is 9.59 Å². The molecule has 1 aromatic rings. The second-order valence-electron chi connectivity index (χ2n) is 2.21. The van der Waals surface area contributed by atoms with E-state index in [0.717, 1.165) is 0 Å². The molecule has 1 heterocycles. The predicted molar refractivity (Wildman–Crippen MR) is 40.1 cm³/mol. The lowest BCUT2D eigenvalue weighted by Crippen LogP contribution is -2.05. The van der Waals surface area contributed by atoms with Gasteiger partial charge in [-0.05, 0) is 13.0 Å². The fourth-order valence-corrected chi connectivity index (χ4v) is 0.837. The van der Waals surface area contributed by atoms with Crippen LogP contribution in [0.25, 0.3) is 0 Å². The summed E-state index contributed by atoms with van der Waals surface area (Å²) in [5, 5.41) is 0. The highest BCUT2D eigenvalue weighted by molar-refractivity contribution is 6.03. The Bertz CT molecular complexity index is 311. The Morgan fingerprint density at radius 3 is 2.67 bits per heavy atom. The van der Waals surface area contributed by atoms with Crippen molar-refractivity contribution in [1.29, 1.82) is 0 Å². The summed E-state index contributed by atoms with van der Waals surface area (Å²) in [7, 11) is 1.23. The largest absolute Gasteiger partial charge is 0.463 e. The Morgan fingerprint density at radius 1 is 1.50 bits per heavy atom. The van der Waals surface area contributed by atoms with E-state index in [-0.39, 0.29) is 17.1 Å². The second kappa shape index (κ2) is 3.21. The number of carbonyl (C=O) groups excluding carboxylic acids is 2. The van der Waals surface area contributed by atoms with Crippen LogP contribution in [-0.4, -0.2) is 18.9 Å². The summed E-state index contributed by atoms with van der Waals surface area (Å²) in [6.45, 7) is 1.36. The van der Waals surface area contributed by atoms with Crippen molar-refractivity contribution in [3.05, 3.63) is 23.7 Å². The van der Waals surface area contributed by atoms with Crippen LogP contribution in [0.5, 0.6) is 0 Å². The van der Waals surface area contributed by atoms with Crippen molar-refractivity contribution < 1.29 is 18.7 Å². The fraction of sp³-hybridized carbons (Fsp3) is 0.250. The lowest BCUT2D eigenvalue weighted by molar-refractivity contribution is 0.0561. The van der Waals surface area contributed by atoms with Gasteiger partial charge in [-0.1, -0.05) is 0 Å². The van der Waals surface area contributed by atoms with E-state index in [2.05, 4.69) is 4.74 Å². The molecular formula is C8H8O4. The van der Waals surface area contributed by atoms with Crippen LogP contribution in [-0.2, 0) is 4.74 Å². The SMILES string of the molecule is COC(=O)c1occc1C(C)=O. The molecule has 0 saturated carbocycles. The second-order valence-corrected chi connectivity index (χ2v) is 2.21. The summed E-state index contributed by atoms with van der Waals surface area (Å²) in [5.41, 5.74) is 0.252. The number of hydrogen-bond donors (Lipinski definition) is 0. The van der Waals surface area contributed by atoms with Crippen LogP contribution in [0.2, 0.25) is 0 Å². The highest BCUT2D eigenvalue weighted by Crippen LogP contribution is 2.11. The summed E-state index contributed by atoms with van der Waals surface area (Å²) in [6.07, 6.45) is 1.28. The Morgan fingerprint density at radius 2 is 2.17 bits per heavy atom. The molecule has 1 aromatic heterocycles. The Balaban J connectivity index is 3.07. The lowest BCUT2D eigenvalue weighted by atomic mass is 10.2. The Labute approximate surface area is 69.1 Å². The third-order valence-corrected chi connectivity index (χ3v) is 1.42. The minimum atomic E-state index is -0.634. The van der Waals surface area contributed by atoms with Crippen LogP contribution in [0.1, 0.15) is 27.8 Å². The van der Waals surface area contributed by atoms with Crippen LogP contribution in [0.3, 0.4) is 0 Å². The van der Waals surface area contributed by atoms with E-state index < -0.39 is 5.97 Å². The van der Waals surface area contributed by atoms with Gasteiger partial charge in [0.05, 0.1) is 18.9 Å². The van der Waals surface area contributed by atoms with Gasteiger partial charge < -0.3 is 9.15 Å². The number of furan rings is 1. The molecule has 64 valence electrons. The number of methoxy groups -OCH3 is 1. The molecule has 0 N–H and O–H groups in total. The zero-order valence-corrected chi connectivity index (χ0v) is 6.79. The number of ketones is 1. The number of rotatable bonds is 2. The first-order chi connectivity index (χ1) is 5.66. The van der Waals surface area contributed by atoms with E-state index in [1.165, 1.54) is 26.4 Å². The number of esters is 1. The van der Waals surface area contributed by atoms with Gasteiger partial charge in [0.15, 0.2) is 5.78 Å². The molecule has 0 unspecified atom stereocenters. The first-order valence-corrected chi connectivity index (χ1v) is 3.33. The summed E-state index contributed by atoms with van der Waals surface area (Å²) in [4.78, 5) is 21.8. The molecule has 4 heteroatoms. The van der Waals surface area contributed by atoms with Gasteiger partial charge in [0, 0.05) is 0 Å². The van der Waals surface area contributed by atoms with Crippen molar-refractivity contribution in [1.82, 2.24) is 0 Å². The van der Waals surface area contributed by atoms with Crippen LogP contribution in [0.4, 0.5) is 0 Å². The quantitative estimate of drug-likeness (QED) is 0.492. The molecule has 12 heavy (non-hydrogen) atoms. The monoisotopic (exact) mass is 168 g/mol. The maximum Gasteiger partial charge on any atom is 0.374 e. The van der Waals surface area contributed by atoms with Crippen molar-refractivity contribution in [3.8, 4) is 0 Å². The van der Waals surface area contributed by atoms with E-state index in [1.807, 2.05) is 0 Å². The highest BCUT2D eigenvalue weighted by atomic mass is 16.5. The van der Waals surface area contributed by atoms with Crippen molar-refractivity contribution in [2.45, 2.75) is 6.92 Å². The number of hydrogen-bond acceptors (Lipinski definition) is 4. The maximum atomic E-state index is 10.9. The summed E-state index contributed by atoms with van der Waals surface area (Å²) >= 11 is 0. The molecule has 0 aromatic carbocycles. The topological polar surface area (TPSA) is 56.5 Å². The van der Waals surface area contributed by atoms with Gasteiger partial charge in [-0.25, -0.2) is 4.79 Å². The number of ether oxygens (including phenoxy) is 1. The summed E-state index contributed by atoms with van der Waals surface area (Å²) in [5.74, 6) is -0.889. The van der Waals surface area contributed by atoms with E-state index >= 15 is 0 Å². The molecular weight excluding hydrogens is 160 g/mol. The summed E-state index contributed by atoms with van der Waals surface area (Å²) in [6, 6.07) is 1.44. The Hall–Kier alpha value is -1.58. The predicted octanol–water partition coefficient (Wildman–Crippen LogP) is 1.27. The standard InChI is InChI=1S/C8H8O4/c1-5(9)6-3-4-12-7(6)8(10)11-2/h3-4H,1-2H3. The zero-order valence-electron chi connectivity index (χ0n) is 6.79. The maximum absolute atomic E-state index is 10.9. The Kier molecular flexibility index (Phi) is 2.28. The van der Waals surface area contributed by atoms with Gasteiger partial charge in [0.25, 0.3) is 0 Å². The third-order valence-electron chi connectivity index (χ3n) is 1.42. The molecule has 0 atom stereocenters. The summed E-state index contributed by atoms with van der Waals surface area (Å²) < 4.78 is 9.18. The van der Waals surface area contributed by atoms with Gasteiger partial charge in [-0.3, -0.25) is 4.79 Å². The van der Waals surface area contributed by atoms with E-state index in [1.54, 1.807) is 0 Å². The van der Waals surface area contributed by atoms with Crippen molar-refractivity contribution >= 4 is 11.8 Å². The van der Waals surface area contributed by atoms with Crippen LogP contribution in [0, 0.1) is 0 Å². The van der Waals surface area contributed by atoms with Crippen LogP contribution < -0.4 is 0 Å². The smallest absolute Gasteiger partial charge is 0.374 e. The number of Topliss-reactive ketones (excluding diaryl/α,β-unsaturated/α-hetero) is 1. The van der Waals surface area contributed by atoms with E-state index in [4.69, 9.17) is 4.42 Å². The van der Waals surface area contributed by atoms with Gasteiger partial charge in [0.2, 0.25) is 5.76 Å². The van der Waals surface area contributed by atoms with Crippen molar-refractivity contribution in [2.75, 3.05) is 7.11 Å². The highest BCUT2D eigenvalue weighted by Gasteiger charge is 2.18. The molecule has 0 aliphatic heterocycles. The normalized spacial score (nSPS) is 9.50. The molecule has 0 fully saturated rings. The molecule has 0 radical (unpaired) electrons. The fourth-order valence-electron chi connectivity index (χ4n) is 0.837. The molecule has 0 aliphatic rings. The minimum Gasteiger partial charge on any atom is -0.463 e. The molecule has 0 amide bonds. The van der Waals surface area contributed by atoms with Crippen molar-refractivity contribution in [3.63, 3.8) is 0 Å². The van der Waals surface area contributed by atoms with Crippen LogP contribution >= 0.6 is 0 Å². The van der Waals surface area contributed by atoms with Crippen molar-refractivity contribution in [2.24, 2.45) is 0 Å². The third kappa shape index (κ3) is 1.37. The number of carbonyl (C=O) groups is 2. The first-order valence-electron chi connectivity index (χ1n) is 3.33. The molecule has 0 saturated heterocycles. The zero-order chi connectivity index (χ0) is 9.14. The average Bonchev–Trinajstić information content (AvgIpc) is 2.50. The molecule has 0 spiro atoms. The first kappa shape index (κ1) is 8.52. The van der Waals surface area contributed by atoms with Crippen LogP contribution in [0.15, 0.2) is 16.7 Å². The molecule has 0 aliphatic carbocycles. The lowest BCUT2D eigenvalue weighted by Gasteiger charge is -1.95. The molecule has 1 rings (SSSR count). The van der Waals surface area contributed by atoms with Gasteiger partial charge in [0.1, 0.15) is 0 Å². The minimum absolute atomic E-state index is 0.0370. The molecule has 0 bridgehead atoms.